The molecule has 0 spiro atoms. The number of nitrogens with zero attached hydrogens (tertiary/aromatic N) is 1. The number of amides is 1. The molecule has 24 heavy (non-hydrogen) atoms. The molecule has 0 bridgehead atoms. The van der Waals surface area contributed by atoms with E-state index in [2.05, 4.69) is 22.1 Å². The predicted molar refractivity (Wildman–Crippen MR) is 92.0 cm³/mol. The Morgan fingerprint density at radius 2 is 2.04 bits per heavy atom. The van der Waals surface area contributed by atoms with Gasteiger partial charge in [0.2, 0.25) is 5.91 Å². The Labute approximate surface area is 141 Å². The van der Waals surface area contributed by atoms with Crippen LogP contribution in [0.2, 0.25) is 0 Å². The van der Waals surface area contributed by atoms with Crippen molar-refractivity contribution in [3.8, 4) is 11.8 Å². The van der Waals surface area contributed by atoms with E-state index in [1.807, 2.05) is 24.3 Å². The van der Waals surface area contributed by atoms with Crippen molar-refractivity contribution in [2.75, 3.05) is 16.8 Å². The lowest BCUT2D eigenvalue weighted by Gasteiger charge is -2.09. The van der Waals surface area contributed by atoms with Crippen LogP contribution in [0.1, 0.15) is 17.7 Å². The summed E-state index contributed by atoms with van der Waals surface area (Å²) in [6.45, 7) is 0. The fourth-order valence-corrected chi connectivity index (χ4v) is 4.24. The molecule has 1 N–H and O–H groups in total. The van der Waals surface area contributed by atoms with Gasteiger partial charge in [0.25, 0.3) is 0 Å². The average molecular weight is 340 g/mol. The van der Waals surface area contributed by atoms with Crippen molar-refractivity contribution in [2.45, 2.75) is 6.42 Å². The minimum atomic E-state index is -3.07. The quantitative estimate of drug-likeness (QED) is 0.847. The first kappa shape index (κ1) is 16.2. The molecule has 122 valence electrons. The van der Waals surface area contributed by atoms with E-state index < -0.39 is 15.8 Å². The molecule has 0 saturated carbocycles. The summed E-state index contributed by atoms with van der Waals surface area (Å²) in [7, 11) is -3.07. The minimum Gasteiger partial charge on any atom is -0.326 e. The van der Waals surface area contributed by atoms with Gasteiger partial charge >= 0.3 is 0 Å². The van der Waals surface area contributed by atoms with E-state index in [1.54, 1.807) is 24.4 Å². The highest BCUT2D eigenvalue weighted by molar-refractivity contribution is 7.91. The molecule has 6 heteroatoms. The van der Waals surface area contributed by atoms with Gasteiger partial charge in [-0.25, -0.2) is 13.4 Å². The van der Waals surface area contributed by atoms with Crippen molar-refractivity contribution in [3.05, 3.63) is 59.9 Å². The third-order valence-corrected chi connectivity index (χ3v) is 5.50. The Morgan fingerprint density at radius 1 is 1.17 bits per heavy atom. The van der Waals surface area contributed by atoms with Crippen LogP contribution in [-0.4, -0.2) is 30.8 Å². The molecule has 0 aliphatic carbocycles. The molecule has 5 nitrogen and oxygen atoms in total. The Morgan fingerprint density at radius 3 is 2.75 bits per heavy atom. The number of hydrogen-bond acceptors (Lipinski definition) is 4. The van der Waals surface area contributed by atoms with E-state index in [0.717, 1.165) is 5.56 Å². The zero-order chi connectivity index (χ0) is 17.0. The van der Waals surface area contributed by atoms with Crippen molar-refractivity contribution in [3.63, 3.8) is 0 Å². The number of hydrogen-bond donors (Lipinski definition) is 1. The van der Waals surface area contributed by atoms with Gasteiger partial charge < -0.3 is 5.32 Å². The van der Waals surface area contributed by atoms with E-state index in [0.29, 0.717) is 17.8 Å². The Kier molecular flexibility index (Phi) is 4.63. The second-order valence-electron chi connectivity index (χ2n) is 5.63. The smallest absolute Gasteiger partial charge is 0.228 e. The maximum atomic E-state index is 12.2. The molecule has 1 fully saturated rings. The number of pyridine rings is 1. The van der Waals surface area contributed by atoms with Gasteiger partial charge in [0.05, 0.1) is 17.4 Å². The van der Waals surface area contributed by atoms with Crippen molar-refractivity contribution in [1.82, 2.24) is 4.98 Å². The standard InChI is InChI=1S/C18H16N2O3S/c21-18(15-9-11-24(22,23)13-15)20-17-6-3-4-14(12-17)7-8-16-5-1-2-10-19-16/h1-6,10,12,15H,9,11,13H2,(H,20,21). The third-order valence-electron chi connectivity index (χ3n) is 3.73. The lowest BCUT2D eigenvalue weighted by molar-refractivity contribution is -0.119. The third kappa shape index (κ3) is 4.21. The fraction of sp³-hybridized carbons (Fsp3) is 0.222. The maximum Gasteiger partial charge on any atom is 0.228 e. The summed E-state index contributed by atoms with van der Waals surface area (Å²) < 4.78 is 22.9. The summed E-state index contributed by atoms with van der Waals surface area (Å²) in [6, 6.07) is 12.7. The summed E-state index contributed by atoms with van der Waals surface area (Å²) >= 11 is 0. The molecule has 1 aliphatic rings. The molecule has 1 aliphatic heterocycles. The van der Waals surface area contributed by atoms with E-state index in [9.17, 15) is 13.2 Å². The average Bonchev–Trinajstić information content (AvgIpc) is 2.94. The van der Waals surface area contributed by atoms with E-state index >= 15 is 0 Å². The van der Waals surface area contributed by atoms with Gasteiger partial charge in [-0.05, 0) is 42.7 Å². The highest BCUT2D eigenvalue weighted by Gasteiger charge is 2.32. The van der Waals surface area contributed by atoms with E-state index in [4.69, 9.17) is 0 Å². The lowest BCUT2D eigenvalue weighted by Crippen LogP contribution is -2.23. The molecule has 2 heterocycles. The molecular formula is C18H16N2O3S. The number of anilines is 1. The maximum absolute atomic E-state index is 12.2. The number of nitrogens with one attached hydrogen (secondary N) is 1. The molecule has 1 unspecified atom stereocenters. The van der Waals surface area contributed by atoms with E-state index in [1.165, 1.54) is 0 Å². The molecule has 1 amide bonds. The normalized spacial score (nSPS) is 18.4. The molecule has 3 rings (SSSR count). The highest BCUT2D eigenvalue weighted by atomic mass is 32.2. The van der Waals surface area contributed by atoms with Crippen LogP contribution in [0, 0.1) is 17.8 Å². The Bertz CT molecular complexity index is 912. The van der Waals surface area contributed by atoms with Crippen LogP contribution in [0.4, 0.5) is 5.69 Å². The van der Waals surface area contributed by atoms with Crippen molar-refractivity contribution >= 4 is 21.4 Å². The first-order valence-electron chi connectivity index (χ1n) is 7.56. The minimum absolute atomic E-state index is 0.0714. The molecule has 1 aromatic heterocycles. The Hall–Kier alpha value is -2.65. The number of benzene rings is 1. The van der Waals surface area contributed by atoms with Crippen LogP contribution in [0.25, 0.3) is 0 Å². The van der Waals surface area contributed by atoms with Crippen LogP contribution < -0.4 is 5.32 Å². The number of rotatable bonds is 2. The van der Waals surface area contributed by atoms with Gasteiger partial charge in [-0.1, -0.05) is 18.1 Å². The summed E-state index contributed by atoms with van der Waals surface area (Å²) in [6.07, 6.45) is 2.06. The van der Waals surface area contributed by atoms with Gasteiger partial charge in [0.15, 0.2) is 9.84 Å². The predicted octanol–water partition coefficient (Wildman–Crippen LogP) is 1.85. The monoisotopic (exact) mass is 340 g/mol. The van der Waals surface area contributed by atoms with Gasteiger partial charge in [0, 0.05) is 17.4 Å². The van der Waals surface area contributed by atoms with E-state index in [-0.39, 0.29) is 17.4 Å². The van der Waals surface area contributed by atoms with Crippen LogP contribution in [0.15, 0.2) is 48.7 Å². The number of carbonyl (C=O) groups excluding carboxylic acids is 1. The second kappa shape index (κ2) is 6.85. The zero-order valence-electron chi connectivity index (χ0n) is 12.9. The van der Waals surface area contributed by atoms with Crippen LogP contribution >= 0.6 is 0 Å². The molecule has 1 saturated heterocycles. The lowest BCUT2D eigenvalue weighted by atomic mass is 10.1. The molecular weight excluding hydrogens is 324 g/mol. The first-order chi connectivity index (χ1) is 11.5. The van der Waals surface area contributed by atoms with Crippen LogP contribution in [0.5, 0.6) is 0 Å². The highest BCUT2D eigenvalue weighted by Crippen LogP contribution is 2.20. The van der Waals surface area contributed by atoms with Crippen LogP contribution in [-0.2, 0) is 14.6 Å². The molecule has 1 atom stereocenters. The van der Waals surface area contributed by atoms with Crippen LogP contribution in [0.3, 0.4) is 0 Å². The summed E-state index contributed by atoms with van der Waals surface area (Å²) in [4.78, 5) is 16.3. The summed E-state index contributed by atoms with van der Waals surface area (Å²) in [5.74, 6) is 5.23. The molecule has 1 aromatic carbocycles. The number of sulfone groups is 1. The van der Waals surface area contributed by atoms with Gasteiger partial charge in [0.1, 0.15) is 5.69 Å². The number of carbonyl (C=O) groups is 1. The summed E-state index contributed by atoms with van der Waals surface area (Å²) in [5.41, 5.74) is 2.03. The zero-order valence-corrected chi connectivity index (χ0v) is 13.7. The summed E-state index contributed by atoms with van der Waals surface area (Å²) in [5, 5.41) is 2.77. The fourth-order valence-electron chi connectivity index (χ4n) is 2.49. The van der Waals surface area contributed by atoms with Crippen molar-refractivity contribution in [1.29, 1.82) is 0 Å². The van der Waals surface area contributed by atoms with Crippen molar-refractivity contribution < 1.29 is 13.2 Å². The largest absolute Gasteiger partial charge is 0.326 e. The van der Waals surface area contributed by atoms with Crippen molar-refractivity contribution in [2.24, 2.45) is 5.92 Å². The number of aromatic nitrogens is 1. The molecule has 2 aromatic rings. The SMILES string of the molecule is O=C(Nc1cccc(C#Cc2ccccn2)c1)C1CCS(=O)(=O)C1. The second-order valence-corrected chi connectivity index (χ2v) is 7.86. The molecule has 0 radical (unpaired) electrons. The Balaban J connectivity index is 1.70. The van der Waals surface area contributed by atoms with Gasteiger partial charge in [-0.3, -0.25) is 4.79 Å². The topological polar surface area (TPSA) is 76.1 Å². The van der Waals surface area contributed by atoms with Gasteiger partial charge in [-0.15, -0.1) is 0 Å². The first-order valence-corrected chi connectivity index (χ1v) is 9.38. The van der Waals surface area contributed by atoms with Gasteiger partial charge in [-0.2, -0.15) is 0 Å².